The molecular weight excluding hydrogens is 397 g/mol. The number of halogens is 1. The van der Waals surface area contributed by atoms with E-state index < -0.39 is 11.8 Å². The second-order valence-electron chi connectivity index (χ2n) is 6.78. The summed E-state index contributed by atoms with van der Waals surface area (Å²) in [6.45, 7) is 2.62. The van der Waals surface area contributed by atoms with E-state index in [2.05, 4.69) is 9.97 Å². The van der Waals surface area contributed by atoms with Gasteiger partial charge < -0.3 is 14.0 Å². The lowest BCUT2D eigenvalue weighted by Gasteiger charge is -2.07. The second kappa shape index (κ2) is 9.21. The summed E-state index contributed by atoms with van der Waals surface area (Å²) in [5.41, 5.74) is 2.42. The van der Waals surface area contributed by atoms with Crippen LogP contribution >= 0.6 is 0 Å². The van der Waals surface area contributed by atoms with Crippen LogP contribution in [0.4, 0.5) is 4.39 Å². The molecule has 0 aliphatic carbocycles. The van der Waals surface area contributed by atoms with Crippen LogP contribution < -0.4 is 4.74 Å². The fourth-order valence-corrected chi connectivity index (χ4v) is 3.17. The maximum absolute atomic E-state index is 14.3. The summed E-state index contributed by atoms with van der Waals surface area (Å²) < 4.78 is 27.0. The molecule has 31 heavy (non-hydrogen) atoms. The minimum Gasteiger partial charge on any atom is -0.461 e. The van der Waals surface area contributed by atoms with Gasteiger partial charge in [-0.1, -0.05) is 18.2 Å². The van der Waals surface area contributed by atoms with Crippen LogP contribution in [0.2, 0.25) is 0 Å². The first kappa shape index (κ1) is 20.3. The summed E-state index contributed by atoms with van der Waals surface area (Å²) in [5.74, 6) is 0.335. The molecule has 0 unspecified atom stereocenters. The fourth-order valence-electron chi connectivity index (χ4n) is 3.17. The molecule has 4 rings (SSSR count). The smallest absolute Gasteiger partial charge is 0.330 e. The van der Waals surface area contributed by atoms with Crippen LogP contribution in [0.25, 0.3) is 17.1 Å². The van der Waals surface area contributed by atoms with Gasteiger partial charge in [0.1, 0.15) is 18.2 Å². The highest BCUT2D eigenvalue weighted by atomic mass is 19.1. The number of fused-ring (bicyclic) bond motifs is 1. The van der Waals surface area contributed by atoms with Crippen LogP contribution in [0.5, 0.6) is 11.5 Å². The molecule has 0 radical (unpaired) electrons. The molecule has 4 aromatic rings. The van der Waals surface area contributed by atoms with Crippen molar-refractivity contribution in [2.45, 2.75) is 13.5 Å². The van der Waals surface area contributed by atoms with Crippen molar-refractivity contribution in [3.8, 4) is 11.5 Å². The predicted octanol–water partition coefficient (Wildman–Crippen LogP) is 4.93. The van der Waals surface area contributed by atoms with E-state index in [0.717, 1.165) is 16.9 Å². The molecular formula is C24H20FN3O3. The van der Waals surface area contributed by atoms with E-state index in [4.69, 9.17) is 9.47 Å². The standard InChI is InChI=1S/C24H20FN3O3/c1-17-27-21-6-2-3-7-22(21)28(17)13-14-30-24(29)11-9-18-8-10-23(20(25)15-18)31-19-5-4-12-26-16-19/h2-12,15-16H,13-14H2,1H3/b11-9+. The summed E-state index contributed by atoms with van der Waals surface area (Å²) in [7, 11) is 0. The van der Waals surface area contributed by atoms with Crippen LogP contribution in [0.1, 0.15) is 11.4 Å². The lowest BCUT2D eigenvalue weighted by Crippen LogP contribution is -2.10. The number of carbonyl (C=O) groups excluding carboxylic acids is 1. The third kappa shape index (κ3) is 4.95. The van der Waals surface area contributed by atoms with Crippen LogP contribution in [0.15, 0.2) is 73.1 Å². The first-order valence-corrected chi connectivity index (χ1v) is 9.74. The number of pyridine rings is 1. The molecule has 7 heteroatoms. The van der Waals surface area contributed by atoms with Crippen molar-refractivity contribution >= 4 is 23.1 Å². The molecule has 2 aromatic heterocycles. The van der Waals surface area contributed by atoms with Gasteiger partial charge in [-0.2, -0.15) is 0 Å². The van der Waals surface area contributed by atoms with E-state index in [1.807, 2.05) is 35.8 Å². The first-order chi connectivity index (χ1) is 15.1. The zero-order valence-electron chi connectivity index (χ0n) is 16.9. The SMILES string of the molecule is Cc1nc2ccccc2n1CCOC(=O)/C=C/c1ccc(Oc2cccnc2)c(F)c1. The monoisotopic (exact) mass is 417 g/mol. The Morgan fingerprint density at radius 3 is 2.84 bits per heavy atom. The van der Waals surface area contributed by atoms with Gasteiger partial charge in [0.2, 0.25) is 0 Å². The van der Waals surface area contributed by atoms with Gasteiger partial charge in [-0.15, -0.1) is 0 Å². The van der Waals surface area contributed by atoms with Crippen molar-refractivity contribution in [2.24, 2.45) is 0 Å². The van der Waals surface area contributed by atoms with Crippen molar-refractivity contribution in [1.29, 1.82) is 0 Å². The first-order valence-electron chi connectivity index (χ1n) is 9.74. The number of imidazole rings is 1. The van der Waals surface area contributed by atoms with Gasteiger partial charge in [-0.3, -0.25) is 4.98 Å². The summed E-state index contributed by atoms with van der Waals surface area (Å²) >= 11 is 0. The van der Waals surface area contributed by atoms with Gasteiger partial charge in [-0.05, 0) is 55.0 Å². The number of hydrogen-bond donors (Lipinski definition) is 0. The highest BCUT2D eigenvalue weighted by Crippen LogP contribution is 2.24. The van der Waals surface area contributed by atoms with E-state index in [9.17, 15) is 9.18 Å². The molecule has 0 saturated carbocycles. The van der Waals surface area contributed by atoms with Gasteiger partial charge >= 0.3 is 5.97 Å². The third-order valence-corrected chi connectivity index (χ3v) is 4.63. The minimum absolute atomic E-state index is 0.0793. The molecule has 2 heterocycles. The molecule has 0 N–H and O–H groups in total. The number of esters is 1. The largest absolute Gasteiger partial charge is 0.461 e. The van der Waals surface area contributed by atoms with Gasteiger partial charge in [-0.25, -0.2) is 14.2 Å². The Kier molecular flexibility index (Phi) is 6.03. The quantitative estimate of drug-likeness (QED) is 0.315. The van der Waals surface area contributed by atoms with Gasteiger partial charge in [0.15, 0.2) is 11.6 Å². The Bertz CT molecular complexity index is 1240. The van der Waals surface area contributed by atoms with Crippen LogP contribution in [-0.2, 0) is 16.1 Å². The maximum atomic E-state index is 14.3. The van der Waals surface area contributed by atoms with Crippen molar-refractivity contribution < 1.29 is 18.7 Å². The Labute approximate surface area is 178 Å². The number of hydrogen-bond acceptors (Lipinski definition) is 5. The number of para-hydroxylation sites is 2. The molecule has 156 valence electrons. The molecule has 0 atom stereocenters. The van der Waals surface area contributed by atoms with Gasteiger partial charge in [0, 0.05) is 12.3 Å². The molecule has 0 amide bonds. The van der Waals surface area contributed by atoms with E-state index >= 15 is 0 Å². The summed E-state index contributed by atoms with van der Waals surface area (Å²) in [6.07, 6.45) is 5.87. The Hall–Kier alpha value is -4.00. The molecule has 0 bridgehead atoms. The molecule has 0 aliphatic rings. The average molecular weight is 417 g/mol. The van der Waals surface area contributed by atoms with E-state index in [1.165, 1.54) is 30.5 Å². The van der Waals surface area contributed by atoms with Gasteiger partial charge in [0.25, 0.3) is 0 Å². The fraction of sp³-hybridized carbons (Fsp3) is 0.125. The number of aromatic nitrogens is 3. The molecule has 6 nitrogen and oxygen atoms in total. The lowest BCUT2D eigenvalue weighted by atomic mass is 10.2. The zero-order valence-corrected chi connectivity index (χ0v) is 16.9. The van der Waals surface area contributed by atoms with E-state index in [-0.39, 0.29) is 12.4 Å². The number of rotatable bonds is 7. The molecule has 2 aromatic carbocycles. The van der Waals surface area contributed by atoms with Gasteiger partial charge in [0.05, 0.1) is 23.8 Å². The number of nitrogens with zero attached hydrogens (tertiary/aromatic N) is 3. The zero-order chi connectivity index (χ0) is 21.6. The average Bonchev–Trinajstić information content (AvgIpc) is 3.10. The molecule has 0 fully saturated rings. The second-order valence-corrected chi connectivity index (χ2v) is 6.78. The predicted molar refractivity (Wildman–Crippen MR) is 115 cm³/mol. The number of ether oxygens (including phenoxy) is 2. The Balaban J connectivity index is 1.32. The molecule has 0 aliphatic heterocycles. The lowest BCUT2D eigenvalue weighted by molar-refractivity contribution is -0.137. The van der Waals surface area contributed by atoms with E-state index in [0.29, 0.717) is 17.9 Å². The topological polar surface area (TPSA) is 66.2 Å². The van der Waals surface area contributed by atoms with Crippen LogP contribution in [0.3, 0.4) is 0 Å². The third-order valence-electron chi connectivity index (χ3n) is 4.63. The minimum atomic E-state index is -0.540. The molecule has 0 saturated heterocycles. The Morgan fingerprint density at radius 1 is 1.16 bits per heavy atom. The van der Waals surface area contributed by atoms with Crippen LogP contribution in [-0.4, -0.2) is 27.1 Å². The number of carbonyl (C=O) groups is 1. The number of benzene rings is 2. The van der Waals surface area contributed by atoms with Crippen molar-refractivity contribution in [2.75, 3.05) is 6.61 Å². The summed E-state index contributed by atoms with van der Waals surface area (Å²) in [5, 5.41) is 0. The Morgan fingerprint density at radius 2 is 2.03 bits per heavy atom. The van der Waals surface area contributed by atoms with Crippen LogP contribution in [0, 0.1) is 12.7 Å². The molecule has 0 spiro atoms. The van der Waals surface area contributed by atoms with Crippen molar-refractivity contribution in [1.82, 2.24) is 14.5 Å². The maximum Gasteiger partial charge on any atom is 0.330 e. The summed E-state index contributed by atoms with van der Waals surface area (Å²) in [4.78, 5) is 20.4. The van der Waals surface area contributed by atoms with Crippen molar-refractivity contribution in [3.63, 3.8) is 0 Å². The van der Waals surface area contributed by atoms with Crippen molar-refractivity contribution in [3.05, 3.63) is 90.3 Å². The highest BCUT2D eigenvalue weighted by molar-refractivity contribution is 5.87. The van der Waals surface area contributed by atoms with E-state index in [1.54, 1.807) is 24.4 Å². The highest BCUT2D eigenvalue weighted by Gasteiger charge is 2.08. The summed E-state index contributed by atoms with van der Waals surface area (Å²) in [6, 6.07) is 15.6. The normalized spacial score (nSPS) is 11.2. The number of aryl methyl sites for hydroxylation is 1.